The van der Waals surface area contributed by atoms with Crippen molar-refractivity contribution in [1.29, 1.82) is 0 Å². The number of nitrogens with two attached hydrogens (primary N) is 1. The molecule has 1 aromatic carbocycles. The summed E-state index contributed by atoms with van der Waals surface area (Å²) in [6.45, 7) is 5.85. The molecule has 0 spiro atoms. The van der Waals surface area contributed by atoms with Crippen LogP contribution in [0.1, 0.15) is 24.9 Å². The van der Waals surface area contributed by atoms with Crippen LogP contribution >= 0.6 is 28.3 Å². The van der Waals surface area contributed by atoms with Gasteiger partial charge in [-0.05, 0) is 31.0 Å². The Morgan fingerprint density at radius 2 is 2.21 bits per heavy atom. The second-order valence-electron chi connectivity index (χ2n) is 3.32. The van der Waals surface area contributed by atoms with E-state index in [1.54, 1.807) is 0 Å². The summed E-state index contributed by atoms with van der Waals surface area (Å²) in [5, 5.41) is 0. The lowest BCUT2D eigenvalue weighted by molar-refractivity contribution is 0.717. The molecule has 0 aliphatic heterocycles. The molecule has 0 saturated carbocycles. The molecule has 3 heteroatoms. The number of halogens is 2. The summed E-state index contributed by atoms with van der Waals surface area (Å²) in [5.74, 6) is 0. The monoisotopic (exact) mass is 275 g/mol. The average Bonchev–Trinajstić information content (AvgIpc) is 2.03. The summed E-state index contributed by atoms with van der Waals surface area (Å²) in [6, 6.07) is 8.15. The van der Waals surface area contributed by atoms with E-state index in [4.69, 9.17) is 5.73 Å². The first-order valence-electron chi connectivity index (χ1n) is 4.25. The van der Waals surface area contributed by atoms with Gasteiger partial charge in [0.1, 0.15) is 0 Å². The Labute approximate surface area is 99.9 Å². The van der Waals surface area contributed by atoms with E-state index >= 15 is 0 Å². The molecule has 2 N–H and O–H groups in total. The van der Waals surface area contributed by atoms with Gasteiger partial charge < -0.3 is 5.73 Å². The van der Waals surface area contributed by atoms with Crippen molar-refractivity contribution in [1.82, 2.24) is 0 Å². The van der Waals surface area contributed by atoms with Gasteiger partial charge in [0.05, 0.1) is 0 Å². The molecule has 0 aliphatic rings. The van der Waals surface area contributed by atoms with Crippen LogP contribution in [0.5, 0.6) is 0 Å². The highest BCUT2D eigenvalue weighted by molar-refractivity contribution is 9.10. The molecular weight excluding hydrogens is 261 g/mol. The zero-order chi connectivity index (χ0) is 9.84. The molecule has 0 saturated heterocycles. The van der Waals surface area contributed by atoms with E-state index < -0.39 is 0 Å². The van der Waals surface area contributed by atoms with Crippen molar-refractivity contribution in [2.24, 2.45) is 5.73 Å². The van der Waals surface area contributed by atoms with Gasteiger partial charge in [-0.15, -0.1) is 19.0 Å². The standard InChI is InChI=1S/C11H14BrN.ClH/c1-8(2)6-11(13)9-4-3-5-10(12)7-9;/h3-5,7,11H,1,6,13H2,2H3;1H/t11-;/m0./s1. The smallest absolute Gasteiger partial charge is 0.0332 e. The predicted octanol–water partition coefficient (Wildman–Crippen LogP) is 3.84. The van der Waals surface area contributed by atoms with Crippen LogP contribution in [0.2, 0.25) is 0 Å². The minimum atomic E-state index is 0. The molecule has 0 fully saturated rings. The Morgan fingerprint density at radius 1 is 1.57 bits per heavy atom. The number of hydrogen-bond donors (Lipinski definition) is 1. The van der Waals surface area contributed by atoms with Gasteiger partial charge >= 0.3 is 0 Å². The fraction of sp³-hybridized carbons (Fsp3) is 0.273. The van der Waals surface area contributed by atoms with Crippen molar-refractivity contribution in [2.75, 3.05) is 0 Å². The third-order valence-electron chi connectivity index (χ3n) is 1.85. The second-order valence-corrected chi connectivity index (χ2v) is 4.24. The molecule has 0 unspecified atom stereocenters. The quantitative estimate of drug-likeness (QED) is 0.834. The van der Waals surface area contributed by atoms with Gasteiger partial charge in [-0.25, -0.2) is 0 Å². The Bertz CT molecular complexity index is 312. The number of hydrogen-bond acceptors (Lipinski definition) is 1. The first-order valence-corrected chi connectivity index (χ1v) is 5.04. The molecule has 0 amide bonds. The van der Waals surface area contributed by atoms with Crippen molar-refractivity contribution in [3.8, 4) is 0 Å². The molecule has 0 aromatic heterocycles. The van der Waals surface area contributed by atoms with Crippen LogP contribution in [0, 0.1) is 0 Å². The van der Waals surface area contributed by atoms with Crippen molar-refractivity contribution in [2.45, 2.75) is 19.4 Å². The Morgan fingerprint density at radius 3 is 2.71 bits per heavy atom. The summed E-state index contributed by atoms with van der Waals surface area (Å²) in [4.78, 5) is 0. The molecular formula is C11H15BrClN. The van der Waals surface area contributed by atoms with Crippen LogP contribution < -0.4 is 5.73 Å². The lowest BCUT2D eigenvalue weighted by atomic mass is 10.0. The van der Waals surface area contributed by atoms with Gasteiger partial charge in [0.25, 0.3) is 0 Å². The highest BCUT2D eigenvalue weighted by Gasteiger charge is 2.05. The summed E-state index contributed by atoms with van der Waals surface area (Å²) < 4.78 is 1.07. The van der Waals surface area contributed by atoms with Crippen molar-refractivity contribution in [3.63, 3.8) is 0 Å². The lowest BCUT2D eigenvalue weighted by Crippen LogP contribution is -2.10. The normalized spacial score (nSPS) is 11.6. The van der Waals surface area contributed by atoms with Gasteiger partial charge in [-0.2, -0.15) is 0 Å². The van der Waals surface area contributed by atoms with E-state index in [0.29, 0.717) is 0 Å². The van der Waals surface area contributed by atoms with Gasteiger partial charge in [0, 0.05) is 10.5 Å². The average molecular weight is 277 g/mol. The van der Waals surface area contributed by atoms with Gasteiger partial charge in [0.15, 0.2) is 0 Å². The maximum Gasteiger partial charge on any atom is 0.0332 e. The first-order chi connectivity index (χ1) is 6.09. The fourth-order valence-electron chi connectivity index (χ4n) is 1.23. The van der Waals surface area contributed by atoms with Crippen molar-refractivity contribution < 1.29 is 0 Å². The summed E-state index contributed by atoms with van der Waals surface area (Å²) in [5.41, 5.74) is 8.25. The third kappa shape index (κ3) is 4.27. The molecule has 14 heavy (non-hydrogen) atoms. The number of rotatable bonds is 3. The third-order valence-corrected chi connectivity index (χ3v) is 2.34. The molecule has 0 aliphatic carbocycles. The molecule has 1 rings (SSSR count). The molecule has 1 nitrogen and oxygen atoms in total. The molecule has 78 valence electrons. The Balaban J connectivity index is 0.00000169. The highest BCUT2D eigenvalue weighted by Crippen LogP contribution is 2.20. The summed E-state index contributed by atoms with van der Waals surface area (Å²) in [6.07, 6.45) is 0.844. The van der Waals surface area contributed by atoms with E-state index in [1.807, 2.05) is 31.2 Å². The maximum atomic E-state index is 5.98. The van der Waals surface area contributed by atoms with Crippen LogP contribution in [0.4, 0.5) is 0 Å². The molecule has 0 bridgehead atoms. The predicted molar refractivity (Wildman–Crippen MR) is 67.7 cm³/mol. The van der Waals surface area contributed by atoms with E-state index in [0.717, 1.165) is 22.0 Å². The molecule has 0 radical (unpaired) electrons. The summed E-state index contributed by atoms with van der Waals surface area (Å²) >= 11 is 3.42. The van der Waals surface area contributed by atoms with E-state index in [2.05, 4.69) is 22.5 Å². The van der Waals surface area contributed by atoms with Gasteiger partial charge in [-0.1, -0.05) is 33.6 Å². The van der Waals surface area contributed by atoms with Crippen LogP contribution in [0.15, 0.2) is 40.9 Å². The highest BCUT2D eigenvalue weighted by atomic mass is 79.9. The zero-order valence-corrected chi connectivity index (χ0v) is 10.6. The minimum absolute atomic E-state index is 0. The zero-order valence-electron chi connectivity index (χ0n) is 8.16. The Hall–Kier alpha value is -0.310. The maximum absolute atomic E-state index is 5.98. The van der Waals surface area contributed by atoms with Crippen molar-refractivity contribution >= 4 is 28.3 Å². The number of benzene rings is 1. The van der Waals surface area contributed by atoms with Crippen LogP contribution in [0.3, 0.4) is 0 Å². The van der Waals surface area contributed by atoms with Crippen molar-refractivity contribution in [3.05, 3.63) is 46.5 Å². The van der Waals surface area contributed by atoms with E-state index in [9.17, 15) is 0 Å². The van der Waals surface area contributed by atoms with Gasteiger partial charge in [-0.3, -0.25) is 0 Å². The van der Waals surface area contributed by atoms with E-state index in [-0.39, 0.29) is 18.4 Å². The topological polar surface area (TPSA) is 26.0 Å². The summed E-state index contributed by atoms with van der Waals surface area (Å²) in [7, 11) is 0. The second kappa shape index (κ2) is 6.23. The minimum Gasteiger partial charge on any atom is -0.324 e. The van der Waals surface area contributed by atoms with E-state index in [1.165, 1.54) is 0 Å². The molecule has 1 aromatic rings. The Kier molecular flexibility index (Phi) is 6.09. The lowest BCUT2D eigenvalue weighted by Gasteiger charge is -2.11. The molecule has 1 atom stereocenters. The fourth-order valence-corrected chi connectivity index (χ4v) is 1.65. The van der Waals surface area contributed by atoms with Gasteiger partial charge in [0.2, 0.25) is 0 Å². The van der Waals surface area contributed by atoms with Crippen LogP contribution in [0.25, 0.3) is 0 Å². The SMILES string of the molecule is C=C(C)C[C@H](N)c1cccc(Br)c1.Cl. The first kappa shape index (κ1) is 13.7. The largest absolute Gasteiger partial charge is 0.324 e. The molecule has 0 heterocycles. The van der Waals surface area contributed by atoms with Crippen LogP contribution in [-0.4, -0.2) is 0 Å². The van der Waals surface area contributed by atoms with Crippen LogP contribution in [-0.2, 0) is 0 Å².